The van der Waals surface area contributed by atoms with Crippen LogP contribution in [-0.2, 0) is 0 Å². The summed E-state index contributed by atoms with van der Waals surface area (Å²) in [7, 11) is 0. The summed E-state index contributed by atoms with van der Waals surface area (Å²) in [5, 5.41) is 0. The van der Waals surface area contributed by atoms with E-state index in [4.69, 9.17) is 0 Å². The molecule has 4 aliphatic rings. The second-order valence-corrected chi connectivity index (χ2v) is 5.91. The van der Waals surface area contributed by atoms with Gasteiger partial charge in [-0.1, -0.05) is 44.1 Å². The van der Waals surface area contributed by atoms with Gasteiger partial charge in [0, 0.05) is 5.92 Å². The monoisotopic (exact) mass is 188 g/mol. The molecule has 14 heavy (non-hydrogen) atoms. The van der Waals surface area contributed by atoms with Gasteiger partial charge in [0.2, 0.25) is 0 Å². The SMILES string of the molecule is CC(C)CC1C(C)CC2=CC3C(=C2)C31. The maximum atomic E-state index is 2.54. The van der Waals surface area contributed by atoms with Crippen molar-refractivity contribution >= 4 is 0 Å². The van der Waals surface area contributed by atoms with Gasteiger partial charge >= 0.3 is 0 Å². The number of hydrogen-bond acceptors (Lipinski definition) is 0. The zero-order valence-corrected chi connectivity index (χ0v) is 9.46. The summed E-state index contributed by atoms with van der Waals surface area (Å²) in [6.07, 6.45) is 7.80. The standard InChI is InChI=1S/C14H20/c1-8(2)4-11-9(3)5-10-6-12-13(7-10)14(11)12/h6-9,11-12,14H,4-5H2,1-3H3. The molecule has 0 aromatic carbocycles. The van der Waals surface area contributed by atoms with Crippen molar-refractivity contribution in [1.82, 2.24) is 0 Å². The van der Waals surface area contributed by atoms with Crippen LogP contribution in [0.25, 0.3) is 0 Å². The Kier molecular flexibility index (Phi) is 1.72. The quantitative estimate of drug-likeness (QED) is 0.618. The highest BCUT2D eigenvalue weighted by Gasteiger charge is 2.53. The van der Waals surface area contributed by atoms with Crippen molar-refractivity contribution in [2.75, 3.05) is 0 Å². The molecular weight excluding hydrogens is 168 g/mol. The van der Waals surface area contributed by atoms with Gasteiger partial charge in [-0.15, -0.1) is 0 Å². The molecule has 76 valence electrons. The van der Waals surface area contributed by atoms with E-state index >= 15 is 0 Å². The number of hydrogen-bond donors (Lipinski definition) is 0. The third kappa shape index (κ3) is 1.12. The number of rotatable bonds is 2. The maximum Gasteiger partial charge on any atom is 0.00576 e. The van der Waals surface area contributed by atoms with Crippen molar-refractivity contribution in [1.29, 1.82) is 0 Å². The van der Waals surface area contributed by atoms with Crippen molar-refractivity contribution in [3.05, 3.63) is 23.3 Å². The van der Waals surface area contributed by atoms with E-state index in [9.17, 15) is 0 Å². The molecular formula is C14H20. The summed E-state index contributed by atoms with van der Waals surface area (Å²) >= 11 is 0. The lowest BCUT2D eigenvalue weighted by molar-refractivity contribution is 0.271. The van der Waals surface area contributed by atoms with E-state index in [1.807, 2.05) is 0 Å². The van der Waals surface area contributed by atoms with E-state index in [0.717, 1.165) is 29.6 Å². The Balaban J connectivity index is 1.83. The Hall–Kier alpha value is -0.520. The van der Waals surface area contributed by atoms with Crippen LogP contribution in [0.15, 0.2) is 23.3 Å². The summed E-state index contributed by atoms with van der Waals surface area (Å²) < 4.78 is 0. The molecule has 0 heterocycles. The van der Waals surface area contributed by atoms with Gasteiger partial charge in [-0.3, -0.25) is 0 Å². The van der Waals surface area contributed by atoms with Crippen molar-refractivity contribution in [3.63, 3.8) is 0 Å². The molecule has 4 unspecified atom stereocenters. The van der Waals surface area contributed by atoms with Crippen LogP contribution in [0, 0.1) is 29.6 Å². The minimum atomic E-state index is 0.865. The molecule has 4 atom stereocenters. The molecule has 1 fully saturated rings. The number of allylic oxidation sites excluding steroid dienone is 4. The maximum absolute atomic E-state index is 2.54. The molecule has 4 aliphatic carbocycles. The van der Waals surface area contributed by atoms with Gasteiger partial charge < -0.3 is 0 Å². The fourth-order valence-electron chi connectivity index (χ4n) is 3.65. The molecule has 0 amide bonds. The Morgan fingerprint density at radius 2 is 2.21 bits per heavy atom. The first-order valence-electron chi connectivity index (χ1n) is 6.09. The second kappa shape index (κ2) is 2.74. The molecule has 4 bridgehead atoms. The first kappa shape index (κ1) is 8.76. The molecule has 0 aliphatic heterocycles. The van der Waals surface area contributed by atoms with Gasteiger partial charge in [-0.25, -0.2) is 0 Å². The van der Waals surface area contributed by atoms with Crippen molar-refractivity contribution < 1.29 is 0 Å². The summed E-state index contributed by atoms with van der Waals surface area (Å²) in [5.74, 6) is 4.60. The Morgan fingerprint density at radius 3 is 2.79 bits per heavy atom. The van der Waals surface area contributed by atoms with Crippen LogP contribution in [0.4, 0.5) is 0 Å². The molecule has 0 aromatic heterocycles. The molecule has 0 heteroatoms. The fraction of sp³-hybridized carbons (Fsp3) is 0.714. The highest BCUT2D eigenvalue weighted by Crippen LogP contribution is 2.62. The second-order valence-electron chi connectivity index (χ2n) is 5.91. The summed E-state index contributed by atoms with van der Waals surface area (Å²) in [6.45, 7) is 7.19. The summed E-state index contributed by atoms with van der Waals surface area (Å²) in [4.78, 5) is 0. The third-order valence-electron chi connectivity index (χ3n) is 4.29. The van der Waals surface area contributed by atoms with Crippen LogP contribution >= 0.6 is 0 Å². The van der Waals surface area contributed by atoms with Crippen molar-refractivity contribution in [2.24, 2.45) is 29.6 Å². The van der Waals surface area contributed by atoms with Gasteiger partial charge in [-0.05, 0) is 36.5 Å². The Bertz CT molecular complexity index is 319. The topological polar surface area (TPSA) is 0 Å². The third-order valence-corrected chi connectivity index (χ3v) is 4.29. The smallest absolute Gasteiger partial charge is 0.00576 e. The number of fused-ring (bicyclic) bond motifs is 2. The van der Waals surface area contributed by atoms with Crippen LogP contribution in [0.1, 0.15) is 33.6 Å². The van der Waals surface area contributed by atoms with E-state index in [-0.39, 0.29) is 0 Å². The minimum Gasteiger partial charge on any atom is -0.0735 e. The van der Waals surface area contributed by atoms with Gasteiger partial charge in [0.15, 0.2) is 0 Å². The highest BCUT2D eigenvalue weighted by molar-refractivity contribution is 5.51. The van der Waals surface area contributed by atoms with Gasteiger partial charge in [0.1, 0.15) is 0 Å². The van der Waals surface area contributed by atoms with Gasteiger partial charge in [0.25, 0.3) is 0 Å². The first-order chi connectivity index (χ1) is 6.66. The van der Waals surface area contributed by atoms with Crippen LogP contribution in [-0.4, -0.2) is 0 Å². The summed E-state index contributed by atoms with van der Waals surface area (Å²) in [6, 6.07) is 0. The van der Waals surface area contributed by atoms with Crippen LogP contribution in [0.2, 0.25) is 0 Å². The van der Waals surface area contributed by atoms with Crippen LogP contribution in [0.5, 0.6) is 0 Å². The molecule has 0 nitrogen and oxygen atoms in total. The largest absolute Gasteiger partial charge is 0.0735 e. The predicted molar refractivity (Wildman–Crippen MR) is 59.9 cm³/mol. The zero-order valence-electron chi connectivity index (χ0n) is 9.46. The lowest BCUT2D eigenvalue weighted by Crippen LogP contribution is -2.15. The minimum absolute atomic E-state index is 0.865. The molecule has 1 saturated carbocycles. The van der Waals surface area contributed by atoms with E-state index in [1.54, 1.807) is 11.1 Å². The summed E-state index contributed by atoms with van der Waals surface area (Å²) in [5.41, 5.74) is 3.41. The zero-order chi connectivity index (χ0) is 9.87. The van der Waals surface area contributed by atoms with Gasteiger partial charge in [-0.2, -0.15) is 0 Å². The molecule has 4 rings (SSSR count). The Morgan fingerprint density at radius 1 is 1.43 bits per heavy atom. The van der Waals surface area contributed by atoms with E-state index in [0.29, 0.717) is 0 Å². The first-order valence-corrected chi connectivity index (χ1v) is 6.09. The molecule has 0 radical (unpaired) electrons. The molecule has 0 N–H and O–H groups in total. The normalized spacial score (nSPS) is 43.4. The molecule has 0 aromatic rings. The van der Waals surface area contributed by atoms with Gasteiger partial charge in [0.05, 0.1) is 0 Å². The Labute approximate surface area is 87.1 Å². The van der Waals surface area contributed by atoms with Crippen LogP contribution < -0.4 is 0 Å². The lowest BCUT2D eigenvalue weighted by atomic mass is 9.81. The highest BCUT2D eigenvalue weighted by atomic mass is 14.6. The van der Waals surface area contributed by atoms with Crippen molar-refractivity contribution in [2.45, 2.75) is 33.6 Å². The molecule has 0 saturated heterocycles. The van der Waals surface area contributed by atoms with E-state index in [2.05, 4.69) is 32.9 Å². The van der Waals surface area contributed by atoms with Crippen molar-refractivity contribution in [3.8, 4) is 0 Å². The fourth-order valence-corrected chi connectivity index (χ4v) is 3.65. The van der Waals surface area contributed by atoms with E-state index < -0.39 is 0 Å². The van der Waals surface area contributed by atoms with E-state index in [1.165, 1.54) is 12.8 Å². The molecule has 0 spiro atoms. The average Bonchev–Trinajstić information content (AvgIpc) is 2.64. The lowest BCUT2D eigenvalue weighted by Gasteiger charge is -2.23. The average molecular weight is 188 g/mol. The van der Waals surface area contributed by atoms with Crippen LogP contribution in [0.3, 0.4) is 0 Å². The predicted octanol–water partition coefficient (Wildman–Crippen LogP) is 3.80.